The molecule has 6 nitrogen and oxygen atoms in total. The highest BCUT2D eigenvalue weighted by atomic mass is 19.1. The standard InChI is InChI=1S/C22H22FN5O/c23-18-6-8-19(9-7-18)27-12-14-28(15-13-27)21-11-10-20(25-26-21)22(29)24-16-17-4-2-1-3-5-17/h1-11H,12-16H2,(H,24,29). The fraction of sp³-hybridized carbons (Fsp3) is 0.227. The van der Waals surface area contributed by atoms with Crippen molar-refractivity contribution in [1.29, 1.82) is 0 Å². The van der Waals surface area contributed by atoms with E-state index in [0.717, 1.165) is 43.2 Å². The van der Waals surface area contributed by atoms with Gasteiger partial charge < -0.3 is 15.1 Å². The van der Waals surface area contributed by atoms with Crippen molar-refractivity contribution >= 4 is 17.4 Å². The van der Waals surface area contributed by atoms with Gasteiger partial charge in [0.05, 0.1) is 0 Å². The lowest BCUT2D eigenvalue weighted by atomic mass is 10.2. The smallest absolute Gasteiger partial charge is 0.272 e. The second-order valence-corrected chi connectivity index (χ2v) is 6.90. The van der Waals surface area contributed by atoms with Crippen molar-refractivity contribution in [1.82, 2.24) is 15.5 Å². The van der Waals surface area contributed by atoms with Crippen LogP contribution in [0.15, 0.2) is 66.7 Å². The molecule has 1 amide bonds. The summed E-state index contributed by atoms with van der Waals surface area (Å²) in [5.41, 5.74) is 2.35. The van der Waals surface area contributed by atoms with Gasteiger partial charge in [0.2, 0.25) is 0 Å². The SMILES string of the molecule is O=C(NCc1ccccc1)c1ccc(N2CCN(c3ccc(F)cc3)CC2)nn1. The number of benzene rings is 2. The Morgan fingerprint density at radius 2 is 1.55 bits per heavy atom. The molecule has 0 atom stereocenters. The first-order valence-electron chi connectivity index (χ1n) is 9.60. The number of anilines is 2. The summed E-state index contributed by atoms with van der Waals surface area (Å²) in [6.45, 7) is 3.64. The van der Waals surface area contributed by atoms with Crippen LogP contribution in [0, 0.1) is 5.82 Å². The third-order valence-corrected chi connectivity index (χ3v) is 4.97. The van der Waals surface area contributed by atoms with Crippen molar-refractivity contribution in [2.24, 2.45) is 0 Å². The average Bonchev–Trinajstić information content (AvgIpc) is 2.79. The molecule has 0 saturated carbocycles. The molecule has 1 aliphatic heterocycles. The summed E-state index contributed by atoms with van der Waals surface area (Å²) in [5.74, 6) is 0.285. The predicted molar refractivity (Wildman–Crippen MR) is 110 cm³/mol. The number of piperazine rings is 1. The van der Waals surface area contributed by atoms with Crippen LogP contribution in [0.25, 0.3) is 0 Å². The van der Waals surface area contributed by atoms with E-state index in [4.69, 9.17) is 0 Å². The molecule has 1 aromatic heterocycles. The van der Waals surface area contributed by atoms with E-state index in [0.29, 0.717) is 12.2 Å². The lowest BCUT2D eigenvalue weighted by molar-refractivity contribution is 0.0945. The summed E-state index contributed by atoms with van der Waals surface area (Å²) in [5, 5.41) is 11.2. The molecule has 7 heteroatoms. The van der Waals surface area contributed by atoms with Crippen LogP contribution in [0.5, 0.6) is 0 Å². The van der Waals surface area contributed by atoms with Crippen LogP contribution in [0.1, 0.15) is 16.1 Å². The van der Waals surface area contributed by atoms with Gasteiger partial charge in [-0.05, 0) is 42.0 Å². The maximum absolute atomic E-state index is 13.1. The Labute approximate surface area is 169 Å². The molecule has 0 radical (unpaired) electrons. The minimum Gasteiger partial charge on any atom is -0.368 e. The molecule has 1 aliphatic rings. The molecule has 1 saturated heterocycles. The van der Waals surface area contributed by atoms with E-state index >= 15 is 0 Å². The highest BCUT2D eigenvalue weighted by Crippen LogP contribution is 2.19. The monoisotopic (exact) mass is 391 g/mol. The highest BCUT2D eigenvalue weighted by molar-refractivity contribution is 5.92. The fourth-order valence-electron chi connectivity index (χ4n) is 3.33. The number of hydrogen-bond donors (Lipinski definition) is 1. The molecule has 2 aromatic carbocycles. The second kappa shape index (κ2) is 8.68. The van der Waals surface area contributed by atoms with Gasteiger partial charge in [0.1, 0.15) is 5.82 Å². The molecular weight excluding hydrogens is 369 g/mol. The quantitative estimate of drug-likeness (QED) is 0.725. The van der Waals surface area contributed by atoms with Gasteiger partial charge in [-0.3, -0.25) is 4.79 Å². The zero-order valence-corrected chi connectivity index (χ0v) is 16.0. The Bertz CT molecular complexity index is 939. The number of amides is 1. The maximum Gasteiger partial charge on any atom is 0.272 e. The molecule has 1 N–H and O–H groups in total. The second-order valence-electron chi connectivity index (χ2n) is 6.90. The van der Waals surface area contributed by atoms with E-state index in [2.05, 4.69) is 25.3 Å². The zero-order valence-electron chi connectivity index (χ0n) is 16.0. The molecular formula is C22H22FN5O. The maximum atomic E-state index is 13.1. The van der Waals surface area contributed by atoms with Gasteiger partial charge in [0.15, 0.2) is 11.5 Å². The first kappa shape index (κ1) is 18.9. The average molecular weight is 391 g/mol. The van der Waals surface area contributed by atoms with Gasteiger partial charge in [0.25, 0.3) is 5.91 Å². The van der Waals surface area contributed by atoms with Crippen molar-refractivity contribution in [3.63, 3.8) is 0 Å². The number of nitrogens with zero attached hydrogens (tertiary/aromatic N) is 4. The highest BCUT2D eigenvalue weighted by Gasteiger charge is 2.19. The minimum absolute atomic E-state index is 0.226. The summed E-state index contributed by atoms with van der Waals surface area (Å²) in [7, 11) is 0. The molecule has 0 bridgehead atoms. The van der Waals surface area contributed by atoms with E-state index in [1.54, 1.807) is 18.2 Å². The van der Waals surface area contributed by atoms with Crippen LogP contribution in [0.2, 0.25) is 0 Å². The molecule has 0 aliphatic carbocycles. The minimum atomic E-state index is -0.242. The van der Waals surface area contributed by atoms with Crippen LogP contribution in [0.3, 0.4) is 0 Å². The van der Waals surface area contributed by atoms with Gasteiger partial charge in [-0.1, -0.05) is 30.3 Å². The van der Waals surface area contributed by atoms with Crippen molar-refractivity contribution < 1.29 is 9.18 Å². The van der Waals surface area contributed by atoms with E-state index in [1.165, 1.54) is 12.1 Å². The molecule has 2 heterocycles. The number of rotatable bonds is 5. The molecule has 0 spiro atoms. The molecule has 4 rings (SSSR count). The zero-order chi connectivity index (χ0) is 20.1. The number of nitrogens with one attached hydrogen (secondary N) is 1. The Morgan fingerprint density at radius 3 is 2.21 bits per heavy atom. The van der Waals surface area contributed by atoms with Crippen LogP contribution in [0.4, 0.5) is 15.9 Å². The van der Waals surface area contributed by atoms with Crippen molar-refractivity contribution in [2.45, 2.75) is 6.54 Å². The number of aromatic nitrogens is 2. The lowest BCUT2D eigenvalue weighted by Crippen LogP contribution is -2.47. The largest absolute Gasteiger partial charge is 0.368 e. The summed E-state index contributed by atoms with van der Waals surface area (Å²) in [4.78, 5) is 16.6. The molecule has 3 aromatic rings. The Hall–Kier alpha value is -3.48. The predicted octanol–water partition coefficient (Wildman–Crippen LogP) is 2.87. The number of carbonyl (C=O) groups excluding carboxylic acids is 1. The van der Waals surface area contributed by atoms with E-state index in [-0.39, 0.29) is 11.7 Å². The van der Waals surface area contributed by atoms with Crippen molar-refractivity contribution in [3.8, 4) is 0 Å². The van der Waals surface area contributed by atoms with Gasteiger partial charge >= 0.3 is 0 Å². The Balaban J connectivity index is 1.31. The topological polar surface area (TPSA) is 61.4 Å². The van der Waals surface area contributed by atoms with Crippen LogP contribution < -0.4 is 15.1 Å². The number of hydrogen-bond acceptors (Lipinski definition) is 5. The van der Waals surface area contributed by atoms with E-state index < -0.39 is 0 Å². The van der Waals surface area contributed by atoms with Gasteiger partial charge in [-0.15, -0.1) is 10.2 Å². The third kappa shape index (κ3) is 4.68. The van der Waals surface area contributed by atoms with Crippen LogP contribution >= 0.6 is 0 Å². The normalized spacial score (nSPS) is 14.0. The summed E-state index contributed by atoms with van der Waals surface area (Å²) in [6.07, 6.45) is 0. The van der Waals surface area contributed by atoms with E-state index in [9.17, 15) is 9.18 Å². The number of halogens is 1. The summed E-state index contributed by atoms with van der Waals surface area (Å²) >= 11 is 0. The summed E-state index contributed by atoms with van der Waals surface area (Å²) < 4.78 is 13.1. The Morgan fingerprint density at radius 1 is 0.862 bits per heavy atom. The van der Waals surface area contributed by atoms with Gasteiger partial charge in [-0.2, -0.15) is 0 Å². The molecule has 148 valence electrons. The van der Waals surface area contributed by atoms with Gasteiger partial charge in [-0.25, -0.2) is 4.39 Å². The van der Waals surface area contributed by atoms with Crippen molar-refractivity contribution in [2.75, 3.05) is 36.0 Å². The first-order chi connectivity index (χ1) is 14.2. The molecule has 29 heavy (non-hydrogen) atoms. The van der Waals surface area contributed by atoms with Crippen molar-refractivity contribution in [3.05, 3.63) is 83.8 Å². The first-order valence-corrected chi connectivity index (χ1v) is 9.60. The number of carbonyl (C=O) groups is 1. The van der Waals surface area contributed by atoms with E-state index in [1.807, 2.05) is 36.4 Å². The van der Waals surface area contributed by atoms with Crippen LogP contribution in [-0.4, -0.2) is 42.3 Å². The molecule has 1 fully saturated rings. The molecule has 0 unspecified atom stereocenters. The lowest BCUT2D eigenvalue weighted by Gasteiger charge is -2.36. The van der Waals surface area contributed by atoms with Gasteiger partial charge in [0, 0.05) is 38.4 Å². The third-order valence-electron chi connectivity index (χ3n) is 4.97. The van der Waals surface area contributed by atoms with Crippen LogP contribution in [-0.2, 0) is 6.54 Å². The Kier molecular flexibility index (Phi) is 5.65. The summed E-state index contributed by atoms with van der Waals surface area (Å²) in [6, 6.07) is 19.8. The fourth-order valence-corrected chi connectivity index (χ4v) is 3.33.